The first-order valence-electron chi connectivity index (χ1n) is 6.00. The fourth-order valence-corrected chi connectivity index (χ4v) is 2.85. The van der Waals surface area contributed by atoms with Crippen molar-refractivity contribution < 1.29 is 0 Å². The third-order valence-corrected chi connectivity index (χ3v) is 3.62. The molecule has 1 fully saturated rings. The zero-order valence-corrected chi connectivity index (χ0v) is 9.08. The van der Waals surface area contributed by atoms with Gasteiger partial charge in [0.15, 0.2) is 0 Å². The molecule has 2 aliphatic heterocycles. The lowest BCUT2D eigenvalue weighted by molar-refractivity contribution is 0.592. The summed E-state index contributed by atoms with van der Waals surface area (Å²) in [6, 6.07) is 9.62. The maximum absolute atomic E-state index is 3.46. The van der Waals surface area contributed by atoms with E-state index in [9.17, 15) is 0 Å². The minimum Gasteiger partial charge on any atom is -0.367 e. The number of fused-ring (bicyclic) bond motifs is 1. The summed E-state index contributed by atoms with van der Waals surface area (Å²) in [5.41, 5.74) is 3.02. The van der Waals surface area contributed by atoms with Crippen LogP contribution in [0.2, 0.25) is 0 Å². The van der Waals surface area contributed by atoms with Gasteiger partial charge in [0, 0.05) is 24.8 Å². The Hall–Kier alpha value is -1.02. The smallest absolute Gasteiger partial charge is 0.0426 e. The Morgan fingerprint density at radius 3 is 3.07 bits per heavy atom. The zero-order valence-electron chi connectivity index (χ0n) is 9.08. The summed E-state index contributed by atoms with van der Waals surface area (Å²) in [6.45, 7) is 3.58. The van der Waals surface area contributed by atoms with E-state index >= 15 is 0 Å². The fourth-order valence-electron chi connectivity index (χ4n) is 2.85. The molecule has 0 bridgehead atoms. The number of rotatable bonds is 1. The van der Waals surface area contributed by atoms with Crippen LogP contribution in [0.25, 0.3) is 0 Å². The quantitative estimate of drug-likeness (QED) is 0.747. The van der Waals surface area contributed by atoms with Gasteiger partial charge in [-0.05, 0) is 37.4 Å². The summed E-state index contributed by atoms with van der Waals surface area (Å²) in [7, 11) is 0. The highest BCUT2D eigenvalue weighted by Crippen LogP contribution is 2.29. The highest BCUT2D eigenvalue weighted by Gasteiger charge is 2.25. The van der Waals surface area contributed by atoms with Crippen molar-refractivity contribution in [1.29, 1.82) is 0 Å². The average Bonchev–Trinajstić information content (AvgIpc) is 2.82. The Morgan fingerprint density at radius 2 is 2.20 bits per heavy atom. The molecule has 1 aromatic carbocycles. The molecule has 2 nitrogen and oxygen atoms in total. The van der Waals surface area contributed by atoms with E-state index in [0.717, 1.165) is 12.6 Å². The largest absolute Gasteiger partial charge is 0.367 e. The molecule has 1 N–H and O–H groups in total. The van der Waals surface area contributed by atoms with Crippen LogP contribution in [0.1, 0.15) is 18.4 Å². The van der Waals surface area contributed by atoms with E-state index in [-0.39, 0.29) is 0 Å². The summed E-state index contributed by atoms with van der Waals surface area (Å²) in [4.78, 5) is 2.61. The predicted molar refractivity (Wildman–Crippen MR) is 63.4 cm³/mol. The molecule has 1 saturated heterocycles. The summed E-state index contributed by atoms with van der Waals surface area (Å²) in [5, 5.41) is 3.46. The van der Waals surface area contributed by atoms with E-state index in [1.807, 2.05) is 0 Å². The Labute approximate surface area is 91.3 Å². The number of nitrogens with zero attached hydrogens (tertiary/aromatic N) is 1. The van der Waals surface area contributed by atoms with E-state index < -0.39 is 0 Å². The summed E-state index contributed by atoms with van der Waals surface area (Å²) >= 11 is 0. The molecule has 1 atom stereocenters. The van der Waals surface area contributed by atoms with Crippen LogP contribution in [0.4, 0.5) is 5.69 Å². The number of hydrogen-bond acceptors (Lipinski definition) is 2. The van der Waals surface area contributed by atoms with Crippen molar-refractivity contribution in [3.8, 4) is 0 Å². The van der Waals surface area contributed by atoms with Crippen LogP contribution < -0.4 is 10.2 Å². The maximum atomic E-state index is 3.46. The minimum absolute atomic E-state index is 0.728. The third kappa shape index (κ3) is 1.63. The fraction of sp³-hybridized carbons (Fsp3) is 0.538. The predicted octanol–water partition coefficient (Wildman–Crippen LogP) is 1.80. The topological polar surface area (TPSA) is 15.3 Å². The lowest BCUT2D eigenvalue weighted by Crippen LogP contribution is -2.40. The van der Waals surface area contributed by atoms with Crippen molar-refractivity contribution in [3.63, 3.8) is 0 Å². The van der Waals surface area contributed by atoms with Crippen LogP contribution in [0.3, 0.4) is 0 Å². The molecule has 0 spiro atoms. The molecule has 1 aromatic rings. The van der Waals surface area contributed by atoms with E-state index in [0.29, 0.717) is 0 Å². The molecule has 2 heterocycles. The first-order valence-corrected chi connectivity index (χ1v) is 6.00. The van der Waals surface area contributed by atoms with Crippen molar-refractivity contribution >= 4 is 5.69 Å². The highest BCUT2D eigenvalue weighted by molar-refractivity contribution is 5.56. The molecule has 2 heteroatoms. The molecule has 15 heavy (non-hydrogen) atoms. The summed E-state index contributed by atoms with van der Waals surface area (Å²) in [5.74, 6) is 0. The highest BCUT2D eigenvalue weighted by atomic mass is 15.2. The first kappa shape index (κ1) is 9.22. The number of aryl methyl sites for hydroxylation is 1. The molecule has 0 saturated carbocycles. The molecule has 80 valence electrons. The van der Waals surface area contributed by atoms with E-state index in [1.54, 1.807) is 0 Å². The van der Waals surface area contributed by atoms with Crippen LogP contribution in [0.15, 0.2) is 24.3 Å². The average molecular weight is 202 g/mol. The molecular weight excluding hydrogens is 184 g/mol. The van der Waals surface area contributed by atoms with Crippen molar-refractivity contribution in [2.45, 2.75) is 25.3 Å². The second-order valence-electron chi connectivity index (χ2n) is 4.57. The van der Waals surface area contributed by atoms with Gasteiger partial charge in [0.05, 0.1) is 0 Å². The van der Waals surface area contributed by atoms with Gasteiger partial charge < -0.3 is 10.2 Å². The Balaban J connectivity index is 1.91. The van der Waals surface area contributed by atoms with Gasteiger partial charge in [-0.25, -0.2) is 0 Å². The van der Waals surface area contributed by atoms with Crippen LogP contribution >= 0.6 is 0 Å². The van der Waals surface area contributed by atoms with E-state index in [1.165, 1.54) is 43.6 Å². The van der Waals surface area contributed by atoms with Crippen LogP contribution in [0, 0.1) is 0 Å². The zero-order chi connectivity index (χ0) is 10.1. The lowest BCUT2D eigenvalue weighted by Gasteiger charge is -2.35. The standard InChI is InChI=1S/C13H18N2/c1-2-6-13-11(4-1)5-3-9-15(13)12-7-8-14-10-12/h1-2,4,6,12,14H,3,5,7-10H2/t12-/m1/s1. The molecule has 0 aromatic heterocycles. The second-order valence-corrected chi connectivity index (χ2v) is 4.57. The molecule has 0 radical (unpaired) electrons. The normalized spacial score (nSPS) is 25.3. The molecule has 0 unspecified atom stereocenters. The van der Waals surface area contributed by atoms with Crippen LogP contribution in [-0.4, -0.2) is 25.7 Å². The SMILES string of the molecule is c1ccc2c(c1)CCCN2[C@@H]1CCNC1. The van der Waals surface area contributed by atoms with Crippen LogP contribution in [0.5, 0.6) is 0 Å². The molecule has 0 aliphatic carbocycles. The van der Waals surface area contributed by atoms with Gasteiger partial charge in [-0.2, -0.15) is 0 Å². The molecule has 2 aliphatic rings. The van der Waals surface area contributed by atoms with Gasteiger partial charge in [-0.1, -0.05) is 18.2 Å². The van der Waals surface area contributed by atoms with Crippen LogP contribution in [-0.2, 0) is 6.42 Å². The van der Waals surface area contributed by atoms with Gasteiger partial charge in [-0.15, -0.1) is 0 Å². The Kier molecular flexibility index (Phi) is 2.37. The maximum Gasteiger partial charge on any atom is 0.0426 e. The number of benzene rings is 1. The summed E-state index contributed by atoms with van der Waals surface area (Å²) in [6.07, 6.45) is 3.87. The van der Waals surface area contributed by atoms with Gasteiger partial charge in [0.2, 0.25) is 0 Å². The van der Waals surface area contributed by atoms with E-state index in [4.69, 9.17) is 0 Å². The van der Waals surface area contributed by atoms with Gasteiger partial charge >= 0.3 is 0 Å². The molecule has 0 amide bonds. The third-order valence-electron chi connectivity index (χ3n) is 3.62. The molecular formula is C13H18N2. The number of anilines is 1. The van der Waals surface area contributed by atoms with Crippen molar-refractivity contribution in [1.82, 2.24) is 5.32 Å². The van der Waals surface area contributed by atoms with Crippen molar-refractivity contribution in [3.05, 3.63) is 29.8 Å². The lowest BCUT2D eigenvalue weighted by atomic mass is 10.00. The van der Waals surface area contributed by atoms with E-state index in [2.05, 4.69) is 34.5 Å². The second kappa shape index (κ2) is 3.86. The summed E-state index contributed by atoms with van der Waals surface area (Å²) < 4.78 is 0. The van der Waals surface area contributed by atoms with Gasteiger partial charge in [0.1, 0.15) is 0 Å². The Morgan fingerprint density at radius 1 is 1.27 bits per heavy atom. The van der Waals surface area contributed by atoms with Gasteiger partial charge in [-0.3, -0.25) is 0 Å². The number of para-hydroxylation sites is 1. The van der Waals surface area contributed by atoms with Crippen molar-refractivity contribution in [2.24, 2.45) is 0 Å². The number of nitrogens with one attached hydrogen (secondary N) is 1. The van der Waals surface area contributed by atoms with Crippen molar-refractivity contribution in [2.75, 3.05) is 24.5 Å². The Bertz CT molecular complexity index is 342. The number of hydrogen-bond donors (Lipinski definition) is 1. The monoisotopic (exact) mass is 202 g/mol. The molecule has 3 rings (SSSR count). The van der Waals surface area contributed by atoms with Gasteiger partial charge in [0.25, 0.3) is 0 Å². The minimum atomic E-state index is 0.728. The first-order chi connectivity index (χ1) is 7.45.